The Hall–Kier alpha value is -2.69. The Morgan fingerprint density at radius 1 is 0.833 bits per heavy atom. The predicted molar refractivity (Wildman–Crippen MR) is 92.7 cm³/mol. The molecule has 0 saturated heterocycles. The van der Waals surface area contributed by atoms with Crippen LogP contribution in [0.1, 0.15) is 13.3 Å². The summed E-state index contributed by atoms with van der Waals surface area (Å²) >= 11 is 0. The third-order valence-electron chi connectivity index (χ3n) is 3.17. The number of hydrogen-bond donors (Lipinski definition) is 1. The minimum atomic E-state index is -0.0544. The van der Waals surface area contributed by atoms with Crippen molar-refractivity contribution in [1.82, 2.24) is 5.32 Å². The lowest BCUT2D eigenvalue weighted by Gasteiger charge is -2.09. The van der Waals surface area contributed by atoms with Crippen LogP contribution in [-0.2, 0) is 4.79 Å². The van der Waals surface area contributed by atoms with Gasteiger partial charge in [0.2, 0.25) is 5.91 Å². The summed E-state index contributed by atoms with van der Waals surface area (Å²) in [5.41, 5.74) is 0. The summed E-state index contributed by atoms with van der Waals surface area (Å²) in [5, 5.41) is 2.80. The summed E-state index contributed by atoms with van der Waals surface area (Å²) in [6.45, 7) is 3.81. The van der Waals surface area contributed by atoms with Crippen molar-refractivity contribution in [2.24, 2.45) is 0 Å². The van der Waals surface area contributed by atoms with Gasteiger partial charge in [-0.1, -0.05) is 18.2 Å². The number of carbonyl (C=O) groups is 1. The molecule has 0 fully saturated rings. The topological polar surface area (TPSA) is 56.8 Å². The van der Waals surface area contributed by atoms with Crippen molar-refractivity contribution in [2.45, 2.75) is 13.3 Å². The number of carbonyl (C=O) groups excluding carboxylic acids is 1. The molecule has 0 spiro atoms. The SMILES string of the molecule is CCOc1ccc(OCCNC(=O)CCOc2ccccc2)cc1. The van der Waals surface area contributed by atoms with Crippen molar-refractivity contribution in [3.8, 4) is 17.2 Å². The molecular formula is C19H23NO4. The molecule has 2 aromatic rings. The van der Waals surface area contributed by atoms with Crippen LogP contribution in [0.4, 0.5) is 0 Å². The third kappa shape index (κ3) is 6.60. The number of ether oxygens (including phenoxy) is 3. The first-order valence-electron chi connectivity index (χ1n) is 8.08. The molecule has 5 nitrogen and oxygen atoms in total. The molecule has 0 aliphatic carbocycles. The Morgan fingerprint density at radius 3 is 2.08 bits per heavy atom. The highest BCUT2D eigenvalue weighted by Gasteiger charge is 2.02. The number of para-hydroxylation sites is 1. The number of rotatable bonds is 10. The number of amides is 1. The Labute approximate surface area is 142 Å². The maximum Gasteiger partial charge on any atom is 0.223 e. The van der Waals surface area contributed by atoms with Gasteiger partial charge >= 0.3 is 0 Å². The van der Waals surface area contributed by atoms with Crippen molar-refractivity contribution in [3.63, 3.8) is 0 Å². The lowest BCUT2D eigenvalue weighted by Crippen LogP contribution is -2.29. The fraction of sp³-hybridized carbons (Fsp3) is 0.316. The number of nitrogens with one attached hydrogen (secondary N) is 1. The molecule has 2 aromatic carbocycles. The van der Waals surface area contributed by atoms with Gasteiger partial charge in [-0.15, -0.1) is 0 Å². The van der Waals surface area contributed by atoms with Gasteiger partial charge in [-0.25, -0.2) is 0 Å². The third-order valence-corrected chi connectivity index (χ3v) is 3.17. The Bertz CT molecular complexity index is 599. The van der Waals surface area contributed by atoms with Gasteiger partial charge in [0, 0.05) is 0 Å². The Morgan fingerprint density at radius 2 is 1.42 bits per heavy atom. The molecular weight excluding hydrogens is 306 g/mol. The van der Waals surface area contributed by atoms with Crippen LogP contribution in [0.3, 0.4) is 0 Å². The minimum Gasteiger partial charge on any atom is -0.494 e. The van der Waals surface area contributed by atoms with Crippen molar-refractivity contribution >= 4 is 5.91 Å². The quantitative estimate of drug-likeness (QED) is 0.681. The smallest absolute Gasteiger partial charge is 0.223 e. The van der Waals surface area contributed by atoms with Crippen LogP contribution in [0.2, 0.25) is 0 Å². The molecule has 0 aromatic heterocycles. The standard InChI is InChI=1S/C19H23NO4/c1-2-22-17-8-10-18(11-9-17)24-15-13-20-19(21)12-14-23-16-6-4-3-5-7-16/h3-11H,2,12-15H2,1H3,(H,20,21). The first-order chi connectivity index (χ1) is 11.8. The molecule has 0 radical (unpaired) electrons. The summed E-state index contributed by atoms with van der Waals surface area (Å²) in [6, 6.07) is 16.9. The van der Waals surface area contributed by atoms with Gasteiger partial charge in [0.25, 0.3) is 0 Å². The molecule has 0 heterocycles. The fourth-order valence-electron chi connectivity index (χ4n) is 2.02. The molecule has 0 saturated carbocycles. The van der Waals surface area contributed by atoms with Crippen molar-refractivity contribution in [2.75, 3.05) is 26.4 Å². The monoisotopic (exact) mass is 329 g/mol. The van der Waals surface area contributed by atoms with E-state index < -0.39 is 0 Å². The zero-order valence-electron chi connectivity index (χ0n) is 13.9. The van der Waals surface area contributed by atoms with Crippen LogP contribution in [-0.4, -0.2) is 32.3 Å². The first-order valence-corrected chi connectivity index (χ1v) is 8.08. The molecule has 0 aliphatic heterocycles. The summed E-state index contributed by atoms with van der Waals surface area (Å²) in [7, 11) is 0. The van der Waals surface area contributed by atoms with Crippen LogP contribution >= 0.6 is 0 Å². The second-order valence-corrected chi connectivity index (χ2v) is 5.01. The van der Waals surface area contributed by atoms with E-state index >= 15 is 0 Å². The highest BCUT2D eigenvalue weighted by Crippen LogP contribution is 2.17. The van der Waals surface area contributed by atoms with Gasteiger partial charge in [0.05, 0.1) is 26.2 Å². The van der Waals surface area contributed by atoms with E-state index in [2.05, 4.69) is 5.32 Å². The van der Waals surface area contributed by atoms with E-state index in [0.29, 0.717) is 32.8 Å². The van der Waals surface area contributed by atoms with Gasteiger partial charge in [-0.3, -0.25) is 4.79 Å². The van der Waals surface area contributed by atoms with Gasteiger partial charge in [-0.05, 0) is 43.3 Å². The summed E-state index contributed by atoms with van der Waals surface area (Å²) in [5.74, 6) is 2.28. The van der Waals surface area contributed by atoms with Crippen molar-refractivity contribution in [1.29, 1.82) is 0 Å². The molecule has 128 valence electrons. The largest absolute Gasteiger partial charge is 0.494 e. The predicted octanol–water partition coefficient (Wildman–Crippen LogP) is 3.05. The number of benzene rings is 2. The second kappa shape index (κ2) is 10.2. The maximum atomic E-state index is 11.7. The fourth-order valence-corrected chi connectivity index (χ4v) is 2.02. The molecule has 24 heavy (non-hydrogen) atoms. The first kappa shape index (κ1) is 17.7. The molecule has 1 amide bonds. The Kier molecular flexibility index (Phi) is 7.47. The minimum absolute atomic E-state index is 0.0544. The molecule has 1 N–H and O–H groups in total. The van der Waals surface area contributed by atoms with Crippen LogP contribution in [0.5, 0.6) is 17.2 Å². The van der Waals surface area contributed by atoms with Crippen LogP contribution in [0, 0.1) is 0 Å². The van der Waals surface area contributed by atoms with Gasteiger partial charge in [0.15, 0.2) is 0 Å². The van der Waals surface area contributed by atoms with Crippen molar-refractivity contribution < 1.29 is 19.0 Å². The molecule has 0 atom stereocenters. The maximum absolute atomic E-state index is 11.7. The van der Waals surface area contributed by atoms with Crippen LogP contribution in [0.25, 0.3) is 0 Å². The van der Waals surface area contributed by atoms with E-state index in [0.717, 1.165) is 17.2 Å². The zero-order chi connectivity index (χ0) is 17.0. The highest BCUT2D eigenvalue weighted by molar-refractivity contribution is 5.75. The Balaban J connectivity index is 1.55. The van der Waals surface area contributed by atoms with E-state index in [1.165, 1.54) is 0 Å². The molecule has 0 unspecified atom stereocenters. The summed E-state index contributed by atoms with van der Waals surface area (Å²) in [6.07, 6.45) is 0.317. The van der Waals surface area contributed by atoms with Gasteiger partial charge in [0.1, 0.15) is 23.9 Å². The summed E-state index contributed by atoms with van der Waals surface area (Å²) in [4.78, 5) is 11.7. The summed E-state index contributed by atoms with van der Waals surface area (Å²) < 4.78 is 16.4. The molecule has 5 heteroatoms. The van der Waals surface area contributed by atoms with Crippen LogP contribution in [0.15, 0.2) is 54.6 Å². The van der Waals surface area contributed by atoms with E-state index in [9.17, 15) is 4.79 Å². The van der Waals surface area contributed by atoms with Crippen molar-refractivity contribution in [3.05, 3.63) is 54.6 Å². The zero-order valence-corrected chi connectivity index (χ0v) is 13.9. The van der Waals surface area contributed by atoms with E-state index in [-0.39, 0.29) is 5.91 Å². The van der Waals surface area contributed by atoms with Gasteiger partial charge < -0.3 is 19.5 Å². The van der Waals surface area contributed by atoms with E-state index in [1.807, 2.05) is 61.5 Å². The van der Waals surface area contributed by atoms with Crippen LogP contribution < -0.4 is 19.5 Å². The molecule has 0 bridgehead atoms. The highest BCUT2D eigenvalue weighted by atomic mass is 16.5. The lowest BCUT2D eigenvalue weighted by atomic mass is 10.3. The second-order valence-electron chi connectivity index (χ2n) is 5.01. The average molecular weight is 329 g/mol. The van der Waals surface area contributed by atoms with E-state index in [4.69, 9.17) is 14.2 Å². The average Bonchev–Trinajstić information content (AvgIpc) is 2.61. The van der Waals surface area contributed by atoms with Gasteiger partial charge in [-0.2, -0.15) is 0 Å². The van der Waals surface area contributed by atoms with E-state index in [1.54, 1.807) is 0 Å². The normalized spacial score (nSPS) is 10.0. The molecule has 2 rings (SSSR count). The lowest BCUT2D eigenvalue weighted by molar-refractivity contribution is -0.121. The molecule has 0 aliphatic rings. The number of hydrogen-bond acceptors (Lipinski definition) is 4.